The number of hydrogen-bond acceptors (Lipinski definition) is 6. The smallest absolute Gasteiger partial charge is 0.307 e. The lowest BCUT2D eigenvalue weighted by Crippen LogP contribution is -2.42. The van der Waals surface area contributed by atoms with Gasteiger partial charge in [0.25, 0.3) is 0 Å². The van der Waals surface area contributed by atoms with E-state index >= 15 is 0 Å². The maximum absolute atomic E-state index is 12.8. The second-order valence-electron chi connectivity index (χ2n) is 11.2. The molecule has 7 nitrogen and oxygen atoms in total. The maximum Gasteiger partial charge on any atom is 0.307 e. The highest BCUT2D eigenvalue weighted by Gasteiger charge is 2.63. The minimum atomic E-state index is -0.986. The molecule has 0 bridgehead atoms. The number of allylic oxidation sites excluding steroid dienone is 4. The molecule has 2 heterocycles. The normalized spacial score (nSPS) is 34.2. The zero-order valence-corrected chi connectivity index (χ0v) is 21.1. The molecule has 1 saturated carbocycles. The number of hydrogen-bond donors (Lipinski definition) is 1. The van der Waals surface area contributed by atoms with Gasteiger partial charge in [-0.3, -0.25) is 19.4 Å². The van der Waals surface area contributed by atoms with Crippen molar-refractivity contribution in [2.75, 3.05) is 0 Å². The Hall–Kier alpha value is -3.74. The summed E-state index contributed by atoms with van der Waals surface area (Å²) in [5.41, 5.74) is 1.21. The quantitative estimate of drug-likeness (QED) is 0.601. The Kier molecular flexibility index (Phi) is 5.20. The van der Waals surface area contributed by atoms with E-state index in [0.717, 1.165) is 21.9 Å². The van der Waals surface area contributed by atoms with Crippen molar-refractivity contribution in [3.63, 3.8) is 0 Å². The molecule has 1 aromatic carbocycles. The molecule has 190 valence electrons. The number of Topliss-reactive ketones (excluding diaryl/α,β-unsaturated/α-hetero) is 1. The van der Waals surface area contributed by atoms with Crippen LogP contribution in [0.1, 0.15) is 51.5 Å². The molecule has 6 rings (SSSR count). The Morgan fingerprint density at radius 2 is 2.00 bits per heavy atom. The fraction of sp³-hybridized carbons (Fsp3) is 0.400. The summed E-state index contributed by atoms with van der Waals surface area (Å²) < 4.78 is 12.6. The zero-order valence-electron chi connectivity index (χ0n) is 21.1. The first kappa shape index (κ1) is 23.6. The Morgan fingerprint density at radius 3 is 2.76 bits per heavy atom. The van der Waals surface area contributed by atoms with Crippen LogP contribution in [0.4, 0.5) is 0 Å². The van der Waals surface area contributed by atoms with Crippen molar-refractivity contribution in [2.45, 2.75) is 57.7 Å². The van der Waals surface area contributed by atoms with Gasteiger partial charge < -0.3 is 14.6 Å². The third-order valence-corrected chi connectivity index (χ3v) is 8.78. The number of carboxylic acids is 1. The van der Waals surface area contributed by atoms with Gasteiger partial charge in [0.1, 0.15) is 17.5 Å². The molecule has 7 heteroatoms. The minimum absolute atomic E-state index is 0.0145. The van der Waals surface area contributed by atoms with Crippen LogP contribution in [-0.2, 0) is 23.9 Å². The van der Waals surface area contributed by atoms with Crippen molar-refractivity contribution >= 4 is 28.5 Å². The van der Waals surface area contributed by atoms with Crippen molar-refractivity contribution in [3.8, 4) is 0 Å². The van der Waals surface area contributed by atoms with Crippen molar-refractivity contribution in [1.29, 1.82) is 0 Å². The van der Waals surface area contributed by atoms with Gasteiger partial charge in [-0.25, -0.2) is 0 Å². The SMILES string of the molecule is CC(=O)OC1(C)C[C@H]2[C@@H]3OC4=C(C=C3C=C[C@]2(C)[C@H]1c1cccc2cnccc12)C(=O)CC(C(=O)O)C4. The number of aliphatic carboxylic acids is 1. The number of pyridine rings is 1. The summed E-state index contributed by atoms with van der Waals surface area (Å²) in [4.78, 5) is 41.1. The van der Waals surface area contributed by atoms with Crippen molar-refractivity contribution in [2.24, 2.45) is 17.3 Å². The average Bonchev–Trinajstić information content (AvgIpc) is 3.08. The highest BCUT2D eigenvalue weighted by Crippen LogP contribution is 2.65. The molecule has 3 aliphatic carbocycles. The van der Waals surface area contributed by atoms with Crippen molar-refractivity contribution in [3.05, 3.63) is 77.4 Å². The number of carbonyl (C=O) groups excluding carboxylic acids is 2. The lowest BCUT2D eigenvalue weighted by atomic mass is 9.63. The Balaban J connectivity index is 1.47. The first-order valence-electron chi connectivity index (χ1n) is 12.7. The van der Waals surface area contributed by atoms with E-state index in [-0.39, 0.29) is 42.5 Å². The largest absolute Gasteiger partial charge is 0.489 e. The molecule has 1 aromatic heterocycles. The average molecular weight is 500 g/mol. The maximum atomic E-state index is 12.8. The fourth-order valence-electron chi connectivity index (χ4n) is 7.34. The predicted octanol–water partition coefficient (Wildman–Crippen LogP) is 4.88. The van der Waals surface area contributed by atoms with Gasteiger partial charge >= 0.3 is 11.9 Å². The summed E-state index contributed by atoms with van der Waals surface area (Å²) in [6, 6.07) is 8.14. The summed E-state index contributed by atoms with van der Waals surface area (Å²) in [7, 11) is 0. The summed E-state index contributed by atoms with van der Waals surface area (Å²) in [6.07, 6.45) is 10.1. The first-order valence-corrected chi connectivity index (χ1v) is 12.7. The number of nitrogens with zero attached hydrogens (tertiary/aromatic N) is 1. The molecule has 0 radical (unpaired) electrons. The molecule has 0 spiro atoms. The molecule has 37 heavy (non-hydrogen) atoms. The van der Waals surface area contributed by atoms with Gasteiger partial charge in [-0.05, 0) is 42.0 Å². The number of carbonyl (C=O) groups is 3. The number of fused-ring (bicyclic) bond motifs is 4. The van der Waals surface area contributed by atoms with Gasteiger partial charge in [-0.15, -0.1) is 0 Å². The van der Waals surface area contributed by atoms with Crippen LogP contribution in [0.2, 0.25) is 0 Å². The van der Waals surface area contributed by atoms with E-state index in [0.29, 0.717) is 17.8 Å². The minimum Gasteiger partial charge on any atom is -0.489 e. The second kappa shape index (κ2) is 8.13. The molecular weight excluding hydrogens is 470 g/mol. The van der Waals surface area contributed by atoms with E-state index in [4.69, 9.17) is 9.47 Å². The molecule has 1 N–H and O–H groups in total. The number of ketones is 1. The van der Waals surface area contributed by atoms with Crippen molar-refractivity contribution in [1.82, 2.24) is 4.98 Å². The lowest BCUT2D eigenvalue weighted by molar-refractivity contribution is -0.157. The first-order chi connectivity index (χ1) is 17.6. The Bertz CT molecular complexity index is 1450. The van der Waals surface area contributed by atoms with Crippen LogP contribution in [0.3, 0.4) is 0 Å². The molecule has 2 unspecified atom stereocenters. The van der Waals surface area contributed by atoms with Crippen LogP contribution >= 0.6 is 0 Å². The zero-order chi connectivity index (χ0) is 26.1. The van der Waals surface area contributed by atoms with Crippen molar-refractivity contribution < 1.29 is 29.0 Å². The van der Waals surface area contributed by atoms with Crippen LogP contribution in [0.25, 0.3) is 10.8 Å². The van der Waals surface area contributed by atoms with Gasteiger partial charge in [-0.2, -0.15) is 0 Å². The second-order valence-corrected chi connectivity index (χ2v) is 11.2. The molecule has 4 aliphatic rings. The molecule has 2 aromatic rings. The summed E-state index contributed by atoms with van der Waals surface area (Å²) in [6.45, 7) is 5.62. The van der Waals surface area contributed by atoms with Crippen LogP contribution in [0.5, 0.6) is 0 Å². The van der Waals surface area contributed by atoms with E-state index in [2.05, 4.69) is 24.1 Å². The number of rotatable bonds is 3. The number of esters is 1. The number of carboxylic acid groups (broad SMARTS) is 1. The van der Waals surface area contributed by atoms with Crippen LogP contribution in [0, 0.1) is 17.3 Å². The molecule has 0 amide bonds. The molecule has 6 atom stereocenters. The summed E-state index contributed by atoms with van der Waals surface area (Å²) in [5.74, 6) is -2.07. The number of aromatic nitrogens is 1. The van der Waals surface area contributed by atoms with E-state index in [1.807, 2.05) is 43.5 Å². The topological polar surface area (TPSA) is 103 Å². The summed E-state index contributed by atoms with van der Waals surface area (Å²) >= 11 is 0. The predicted molar refractivity (Wildman–Crippen MR) is 135 cm³/mol. The van der Waals surface area contributed by atoms with Gasteiger partial charge in [0, 0.05) is 54.8 Å². The van der Waals surface area contributed by atoms with Gasteiger partial charge in [0.2, 0.25) is 0 Å². The Morgan fingerprint density at radius 1 is 1.19 bits per heavy atom. The number of ether oxygens (including phenoxy) is 2. The van der Waals surface area contributed by atoms with Crippen LogP contribution in [0.15, 0.2) is 71.8 Å². The molecule has 1 aliphatic heterocycles. The standard InChI is InChI=1S/C30H29NO6/c1-16(32)37-30(3)14-23-26-17(11-22-24(33)12-19(28(34)35)13-25(22)36-26)7-9-29(23,2)27(30)21-6-4-5-18-15-31-10-8-20(18)21/h4-11,15,19,23,26-27H,12-14H2,1-3H3,(H,34,35)/t19?,23-,26+,27+,29-,30?/m0/s1. The summed E-state index contributed by atoms with van der Waals surface area (Å²) in [5, 5.41) is 11.6. The van der Waals surface area contributed by atoms with Crippen LogP contribution < -0.4 is 0 Å². The highest BCUT2D eigenvalue weighted by molar-refractivity contribution is 6.02. The van der Waals surface area contributed by atoms with E-state index in [1.165, 1.54) is 6.92 Å². The third kappa shape index (κ3) is 3.55. The Labute approximate surface area is 214 Å². The molecule has 0 saturated heterocycles. The van der Waals surface area contributed by atoms with E-state index in [1.54, 1.807) is 6.20 Å². The van der Waals surface area contributed by atoms with Gasteiger partial charge in [-0.1, -0.05) is 37.3 Å². The van der Waals surface area contributed by atoms with E-state index < -0.39 is 22.9 Å². The van der Waals surface area contributed by atoms with Gasteiger partial charge in [0.05, 0.1) is 11.5 Å². The lowest BCUT2D eigenvalue weighted by Gasteiger charge is -2.45. The monoisotopic (exact) mass is 499 g/mol. The number of benzene rings is 1. The fourth-order valence-corrected chi connectivity index (χ4v) is 7.34. The third-order valence-electron chi connectivity index (χ3n) is 8.78. The van der Waals surface area contributed by atoms with Crippen LogP contribution in [-0.4, -0.2) is 39.5 Å². The van der Waals surface area contributed by atoms with E-state index in [9.17, 15) is 19.5 Å². The molecular formula is C30H29NO6. The van der Waals surface area contributed by atoms with Gasteiger partial charge in [0.15, 0.2) is 5.78 Å². The highest BCUT2D eigenvalue weighted by atomic mass is 16.6. The molecule has 1 fully saturated rings.